The number of para-hydroxylation sites is 1. The molecule has 0 spiro atoms. The zero-order valence-corrected chi connectivity index (χ0v) is 20.0. The second-order valence-electron chi connectivity index (χ2n) is 9.22. The fourth-order valence-corrected chi connectivity index (χ4v) is 5.25. The minimum absolute atomic E-state index is 0.278. The van der Waals surface area contributed by atoms with E-state index in [1.165, 1.54) is 5.69 Å². The smallest absolute Gasteiger partial charge is 0.357 e. The van der Waals surface area contributed by atoms with Crippen LogP contribution in [0.25, 0.3) is 27.8 Å². The average molecular weight is 469 g/mol. The number of esters is 1. The van der Waals surface area contributed by atoms with E-state index in [0.29, 0.717) is 24.5 Å². The summed E-state index contributed by atoms with van der Waals surface area (Å²) >= 11 is 0. The molecule has 7 heteroatoms. The second-order valence-corrected chi connectivity index (χ2v) is 9.22. The molecule has 0 aliphatic carbocycles. The van der Waals surface area contributed by atoms with Gasteiger partial charge in [0.25, 0.3) is 0 Å². The van der Waals surface area contributed by atoms with Crippen LogP contribution < -0.4 is 4.90 Å². The third kappa shape index (κ3) is 3.96. The number of aromatic nitrogens is 3. The van der Waals surface area contributed by atoms with Crippen LogP contribution in [-0.2, 0) is 9.47 Å². The van der Waals surface area contributed by atoms with E-state index >= 15 is 0 Å². The second kappa shape index (κ2) is 8.82. The highest BCUT2D eigenvalue weighted by Gasteiger charge is 2.33. The number of pyridine rings is 1. The van der Waals surface area contributed by atoms with E-state index in [1.54, 1.807) is 11.6 Å². The molecule has 4 aromatic rings. The SMILES string of the molecule is CCOC(=O)c1cc(-c2ccc(N3CC4CCC(C3)O4)cc2)c2c(C)nn(-c3ccccc3)c2n1. The summed E-state index contributed by atoms with van der Waals surface area (Å²) < 4.78 is 13.1. The first-order valence-corrected chi connectivity index (χ1v) is 12.2. The lowest BCUT2D eigenvalue weighted by Gasteiger charge is -2.34. The minimum Gasteiger partial charge on any atom is -0.461 e. The van der Waals surface area contributed by atoms with Gasteiger partial charge in [0.2, 0.25) is 0 Å². The van der Waals surface area contributed by atoms with Gasteiger partial charge in [0.15, 0.2) is 11.3 Å². The topological polar surface area (TPSA) is 69.5 Å². The summed E-state index contributed by atoms with van der Waals surface area (Å²) in [6, 6.07) is 20.2. The van der Waals surface area contributed by atoms with Gasteiger partial charge in [0.1, 0.15) is 0 Å². The quantitative estimate of drug-likeness (QED) is 0.387. The molecule has 0 amide bonds. The number of fused-ring (bicyclic) bond motifs is 3. The Morgan fingerprint density at radius 1 is 1.03 bits per heavy atom. The van der Waals surface area contributed by atoms with Crippen LogP contribution in [0.2, 0.25) is 0 Å². The molecule has 7 nitrogen and oxygen atoms in total. The van der Waals surface area contributed by atoms with E-state index < -0.39 is 5.97 Å². The van der Waals surface area contributed by atoms with Crippen molar-refractivity contribution in [1.29, 1.82) is 0 Å². The van der Waals surface area contributed by atoms with Crippen molar-refractivity contribution in [2.75, 3.05) is 24.6 Å². The van der Waals surface area contributed by atoms with E-state index in [-0.39, 0.29) is 5.69 Å². The van der Waals surface area contributed by atoms with Crippen molar-refractivity contribution in [2.45, 2.75) is 38.9 Å². The van der Waals surface area contributed by atoms with Gasteiger partial charge in [-0.1, -0.05) is 30.3 Å². The number of morpholine rings is 1. The lowest BCUT2D eigenvalue weighted by molar-refractivity contribution is 0.0305. The van der Waals surface area contributed by atoms with E-state index in [1.807, 2.05) is 43.3 Å². The van der Waals surface area contributed by atoms with E-state index in [9.17, 15) is 4.79 Å². The Balaban J connectivity index is 1.45. The maximum Gasteiger partial charge on any atom is 0.357 e. The Bertz CT molecular complexity index is 1370. The van der Waals surface area contributed by atoms with Crippen LogP contribution in [-0.4, -0.2) is 52.6 Å². The summed E-state index contributed by atoms with van der Waals surface area (Å²) in [5, 5.41) is 5.72. The molecule has 6 rings (SSSR count). The molecular weight excluding hydrogens is 440 g/mol. The molecular formula is C28H28N4O3. The Morgan fingerprint density at radius 2 is 1.74 bits per heavy atom. The monoisotopic (exact) mass is 468 g/mol. The van der Waals surface area contributed by atoms with E-state index in [4.69, 9.17) is 19.6 Å². The van der Waals surface area contributed by atoms with Crippen molar-refractivity contribution in [3.05, 3.63) is 72.1 Å². The first-order valence-electron chi connectivity index (χ1n) is 12.2. The van der Waals surface area contributed by atoms with Crippen molar-refractivity contribution in [2.24, 2.45) is 0 Å². The average Bonchev–Trinajstić information content (AvgIpc) is 3.42. The molecule has 4 heterocycles. The minimum atomic E-state index is -0.436. The van der Waals surface area contributed by atoms with E-state index in [2.05, 4.69) is 29.2 Å². The molecule has 2 atom stereocenters. The Morgan fingerprint density at radius 3 is 2.43 bits per heavy atom. The van der Waals surface area contributed by atoms with Gasteiger partial charge in [-0.05, 0) is 68.1 Å². The number of carbonyl (C=O) groups is 1. The lowest BCUT2D eigenvalue weighted by Crippen LogP contribution is -2.42. The van der Waals surface area contributed by atoms with Crippen molar-refractivity contribution >= 4 is 22.7 Å². The maximum absolute atomic E-state index is 12.7. The number of nitrogens with zero attached hydrogens (tertiary/aromatic N) is 4. The Labute approximate surface area is 204 Å². The number of benzene rings is 2. The van der Waals surface area contributed by atoms with Gasteiger partial charge in [0, 0.05) is 18.8 Å². The summed E-state index contributed by atoms with van der Waals surface area (Å²) in [6.45, 7) is 5.94. The van der Waals surface area contributed by atoms with Crippen LogP contribution >= 0.6 is 0 Å². The number of hydrogen-bond donors (Lipinski definition) is 0. The van der Waals surface area contributed by atoms with Crippen LogP contribution in [0, 0.1) is 6.92 Å². The summed E-state index contributed by atoms with van der Waals surface area (Å²) in [5.74, 6) is -0.436. The molecule has 2 aromatic carbocycles. The largest absolute Gasteiger partial charge is 0.461 e. The van der Waals surface area contributed by atoms with Gasteiger partial charge in [-0.15, -0.1) is 0 Å². The van der Waals surface area contributed by atoms with Crippen LogP contribution in [0.5, 0.6) is 0 Å². The molecule has 0 N–H and O–H groups in total. The normalized spacial score (nSPS) is 19.3. The summed E-state index contributed by atoms with van der Waals surface area (Å²) in [5.41, 5.74) is 5.80. The lowest BCUT2D eigenvalue weighted by atomic mass is 10.0. The molecule has 2 aliphatic rings. The number of ether oxygens (including phenoxy) is 2. The van der Waals surface area contributed by atoms with Gasteiger partial charge in [-0.3, -0.25) is 0 Å². The molecule has 2 bridgehead atoms. The highest BCUT2D eigenvalue weighted by Crippen LogP contribution is 2.35. The van der Waals surface area contributed by atoms with E-state index in [0.717, 1.165) is 53.8 Å². The van der Waals surface area contributed by atoms with Gasteiger partial charge >= 0.3 is 5.97 Å². The van der Waals surface area contributed by atoms with Gasteiger partial charge in [-0.2, -0.15) is 5.10 Å². The highest BCUT2D eigenvalue weighted by atomic mass is 16.5. The molecule has 35 heavy (non-hydrogen) atoms. The predicted octanol–water partition coefficient (Wildman–Crippen LogP) is 4.94. The van der Waals surface area contributed by atoms with Crippen molar-refractivity contribution in [3.8, 4) is 16.8 Å². The molecule has 178 valence electrons. The standard InChI is InChI=1S/C28H28N4O3/c1-3-34-28(33)25-15-24(26-18(2)30-32(27(26)29-25)21-7-5-4-6-8-21)19-9-11-20(12-10-19)31-16-22-13-14-23(17-31)35-22/h4-12,15,22-23H,3,13-14,16-17H2,1-2H3. The highest BCUT2D eigenvalue weighted by molar-refractivity contribution is 6.00. The molecule has 2 aromatic heterocycles. The van der Waals surface area contributed by atoms with Crippen LogP contribution in [0.3, 0.4) is 0 Å². The predicted molar refractivity (Wildman–Crippen MR) is 135 cm³/mol. The van der Waals surface area contributed by atoms with Crippen LogP contribution in [0.15, 0.2) is 60.7 Å². The summed E-state index contributed by atoms with van der Waals surface area (Å²) in [4.78, 5) is 19.8. The molecule has 2 unspecified atom stereocenters. The van der Waals surface area contributed by atoms with Gasteiger partial charge < -0.3 is 14.4 Å². The Kier molecular flexibility index (Phi) is 5.49. The summed E-state index contributed by atoms with van der Waals surface area (Å²) in [6.07, 6.45) is 2.98. The zero-order valence-electron chi connectivity index (χ0n) is 20.0. The Hall–Kier alpha value is -3.71. The first kappa shape index (κ1) is 21.8. The molecule has 0 saturated carbocycles. The fourth-order valence-electron chi connectivity index (χ4n) is 5.25. The third-order valence-corrected chi connectivity index (χ3v) is 6.89. The molecule has 0 radical (unpaired) electrons. The number of carbonyl (C=O) groups excluding carboxylic acids is 1. The van der Waals surface area contributed by atoms with Crippen molar-refractivity contribution in [1.82, 2.24) is 14.8 Å². The van der Waals surface area contributed by atoms with Crippen LogP contribution in [0.4, 0.5) is 5.69 Å². The van der Waals surface area contributed by atoms with Crippen LogP contribution in [0.1, 0.15) is 35.9 Å². The van der Waals surface area contributed by atoms with Gasteiger partial charge in [0.05, 0.1) is 35.6 Å². The maximum atomic E-state index is 12.7. The number of hydrogen-bond acceptors (Lipinski definition) is 6. The number of anilines is 1. The fraction of sp³-hybridized carbons (Fsp3) is 0.321. The zero-order chi connectivity index (χ0) is 23.9. The third-order valence-electron chi connectivity index (χ3n) is 6.89. The van der Waals surface area contributed by atoms with Gasteiger partial charge in [-0.25, -0.2) is 14.5 Å². The number of rotatable bonds is 5. The summed E-state index contributed by atoms with van der Waals surface area (Å²) in [7, 11) is 0. The molecule has 2 saturated heterocycles. The molecule has 2 aliphatic heterocycles. The van der Waals surface area contributed by atoms with Crippen molar-refractivity contribution in [3.63, 3.8) is 0 Å². The van der Waals surface area contributed by atoms with Crippen molar-refractivity contribution < 1.29 is 14.3 Å². The number of aryl methyl sites for hydroxylation is 1. The first-order chi connectivity index (χ1) is 17.1. The molecule has 2 fully saturated rings.